The van der Waals surface area contributed by atoms with Crippen LogP contribution in [0.1, 0.15) is 277 Å². The monoisotopic (exact) mass is 1310 g/mol. The molecule has 19 nitrogen and oxygen atoms in total. The highest BCUT2D eigenvalue weighted by molar-refractivity contribution is 5.76. The molecule has 3 aliphatic heterocycles. The predicted octanol–water partition coefficient (Wildman–Crippen LogP) is 10.6. The standard InChI is InChI=1S/C73H133NO18/c1-3-5-7-9-11-13-15-17-19-21-23-25-27-28-29-31-33-35-37-39-41-43-45-47-49-51-61(79)74-56(57(78)50-48-46-44-42-40-38-36-34-32-30-26-24-22-20-18-16-14-12-10-8-6-4-2)55-87-71-67(85)64(82)69(59(53-76)89-71)92-73-68(86)65(83)70(60(54-77)90-73)91-72-66(84)63(81)62(80)58(52-75)88-72/h5,7,11,13,17,19,23,25,56-60,62-73,75-78,80-86H,3-4,6,8-10,12,14-16,18,20-22,24,26-55H2,1-2H3,(H,74,79)/b7-5-,13-11-,19-17-,25-23-. The van der Waals surface area contributed by atoms with Crippen molar-refractivity contribution in [3.05, 3.63) is 48.6 Å². The SMILES string of the molecule is CC/C=C\C/C=C\C/C=C\C/C=C\CCCCCCCCCCCCCCC(=O)NC(COC1OC(CO)C(OC2OC(CO)C(OC3OC(CO)C(O)C(O)C3O)C(O)C2O)C(O)C1O)C(O)CCCCCCCCCCCCCCCCCCCCCCCC. The largest absolute Gasteiger partial charge is 0.394 e. The molecule has 0 spiro atoms. The fraction of sp³-hybridized carbons (Fsp3) is 0.877. The molecule has 538 valence electrons. The van der Waals surface area contributed by atoms with Crippen LogP contribution in [0.4, 0.5) is 0 Å². The van der Waals surface area contributed by atoms with E-state index in [-0.39, 0.29) is 18.9 Å². The summed E-state index contributed by atoms with van der Waals surface area (Å²) in [6.07, 6.45) is 38.9. The highest BCUT2D eigenvalue weighted by Crippen LogP contribution is 2.33. The molecule has 0 bridgehead atoms. The van der Waals surface area contributed by atoms with Gasteiger partial charge in [-0.25, -0.2) is 0 Å². The Morgan fingerprint density at radius 2 is 0.750 bits per heavy atom. The van der Waals surface area contributed by atoms with Gasteiger partial charge in [0.25, 0.3) is 0 Å². The number of unbranched alkanes of at least 4 members (excludes halogenated alkanes) is 33. The summed E-state index contributed by atoms with van der Waals surface area (Å²) < 4.78 is 34.5. The topological polar surface area (TPSA) is 307 Å². The Kier molecular flexibility index (Phi) is 50.0. The Morgan fingerprint density at radius 3 is 1.17 bits per heavy atom. The van der Waals surface area contributed by atoms with E-state index in [9.17, 15) is 61.0 Å². The number of ether oxygens (including phenoxy) is 6. The van der Waals surface area contributed by atoms with Crippen molar-refractivity contribution in [3.8, 4) is 0 Å². The number of allylic oxidation sites excluding steroid dienone is 8. The average molecular weight is 1310 g/mol. The van der Waals surface area contributed by atoms with Crippen molar-refractivity contribution in [1.82, 2.24) is 5.32 Å². The number of aliphatic hydroxyl groups excluding tert-OH is 11. The van der Waals surface area contributed by atoms with Gasteiger partial charge in [-0.05, 0) is 51.4 Å². The Bertz CT molecular complexity index is 1860. The van der Waals surface area contributed by atoms with Gasteiger partial charge in [0.2, 0.25) is 5.91 Å². The summed E-state index contributed by atoms with van der Waals surface area (Å²) in [7, 11) is 0. The summed E-state index contributed by atoms with van der Waals surface area (Å²) in [5.74, 6) is -0.243. The van der Waals surface area contributed by atoms with E-state index in [4.69, 9.17) is 28.4 Å². The van der Waals surface area contributed by atoms with Gasteiger partial charge in [-0.3, -0.25) is 4.79 Å². The van der Waals surface area contributed by atoms with E-state index in [1.165, 1.54) is 167 Å². The minimum Gasteiger partial charge on any atom is -0.394 e. The van der Waals surface area contributed by atoms with Gasteiger partial charge in [0.05, 0.1) is 38.6 Å². The van der Waals surface area contributed by atoms with E-state index in [0.717, 1.165) is 77.0 Å². The summed E-state index contributed by atoms with van der Waals surface area (Å²) in [4.78, 5) is 13.5. The molecule has 0 aromatic heterocycles. The van der Waals surface area contributed by atoms with Crippen molar-refractivity contribution in [2.45, 2.75) is 381 Å². The van der Waals surface area contributed by atoms with Gasteiger partial charge in [-0.1, -0.05) is 268 Å². The Balaban J connectivity index is 1.41. The maximum Gasteiger partial charge on any atom is 0.220 e. The fourth-order valence-corrected chi connectivity index (χ4v) is 12.5. The molecule has 19 heteroatoms. The van der Waals surface area contributed by atoms with Crippen LogP contribution in [-0.2, 0) is 33.2 Å². The van der Waals surface area contributed by atoms with Crippen molar-refractivity contribution < 1.29 is 89.4 Å². The molecule has 0 aromatic carbocycles. The van der Waals surface area contributed by atoms with Crippen LogP contribution in [0.15, 0.2) is 48.6 Å². The average Bonchev–Trinajstić information content (AvgIpc) is 0.837. The van der Waals surface area contributed by atoms with Crippen LogP contribution < -0.4 is 5.32 Å². The maximum atomic E-state index is 13.5. The number of carbonyl (C=O) groups excluding carboxylic acids is 1. The lowest BCUT2D eigenvalue weighted by Gasteiger charge is -2.48. The van der Waals surface area contributed by atoms with Crippen LogP contribution in [0.5, 0.6) is 0 Å². The Morgan fingerprint density at radius 1 is 0.402 bits per heavy atom. The highest BCUT2D eigenvalue weighted by atomic mass is 16.8. The number of hydrogen-bond acceptors (Lipinski definition) is 18. The van der Waals surface area contributed by atoms with E-state index in [1.807, 2.05) is 0 Å². The second-order valence-electron chi connectivity index (χ2n) is 26.4. The fourth-order valence-electron chi connectivity index (χ4n) is 12.5. The van der Waals surface area contributed by atoms with E-state index in [0.29, 0.717) is 12.8 Å². The predicted molar refractivity (Wildman–Crippen MR) is 360 cm³/mol. The number of amides is 1. The number of carbonyl (C=O) groups is 1. The van der Waals surface area contributed by atoms with Crippen LogP contribution in [0.3, 0.4) is 0 Å². The molecule has 3 saturated heterocycles. The number of hydrogen-bond donors (Lipinski definition) is 12. The molecule has 12 N–H and O–H groups in total. The quantitative estimate of drug-likeness (QED) is 0.0199. The third kappa shape index (κ3) is 35.8. The van der Waals surface area contributed by atoms with Crippen LogP contribution in [0.25, 0.3) is 0 Å². The molecule has 0 saturated carbocycles. The smallest absolute Gasteiger partial charge is 0.220 e. The lowest BCUT2D eigenvalue weighted by atomic mass is 9.96. The third-order valence-electron chi connectivity index (χ3n) is 18.4. The van der Waals surface area contributed by atoms with Gasteiger partial charge in [0, 0.05) is 6.42 Å². The second kappa shape index (κ2) is 54.7. The molecule has 0 aromatic rings. The first-order chi connectivity index (χ1) is 44.8. The van der Waals surface area contributed by atoms with E-state index >= 15 is 0 Å². The highest BCUT2D eigenvalue weighted by Gasteiger charge is 2.53. The molecular formula is C73H133NO18. The first-order valence-electron chi connectivity index (χ1n) is 36.9. The molecular weight excluding hydrogens is 1180 g/mol. The Labute approximate surface area is 554 Å². The van der Waals surface area contributed by atoms with Crippen molar-refractivity contribution in [1.29, 1.82) is 0 Å². The van der Waals surface area contributed by atoms with E-state index in [2.05, 4.69) is 67.8 Å². The first-order valence-corrected chi connectivity index (χ1v) is 36.9. The van der Waals surface area contributed by atoms with Crippen molar-refractivity contribution in [2.75, 3.05) is 26.4 Å². The van der Waals surface area contributed by atoms with Gasteiger partial charge in [0.15, 0.2) is 18.9 Å². The van der Waals surface area contributed by atoms with Gasteiger partial charge < -0.3 is 89.9 Å². The first kappa shape index (κ1) is 84.0. The summed E-state index contributed by atoms with van der Waals surface area (Å²) in [5.41, 5.74) is 0. The lowest BCUT2D eigenvalue weighted by molar-refractivity contribution is -0.379. The molecule has 0 radical (unpaired) electrons. The van der Waals surface area contributed by atoms with Gasteiger partial charge in [0.1, 0.15) is 73.2 Å². The molecule has 3 heterocycles. The molecule has 3 rings (SSSR count). The Hall–Kier alpha value is -2.25. The summed E-state index contributed by atoms with van der Waals surface area (Å²) in [6.45, 7) is 1.72. The summed E-state index contributed by atoms with van der Waals surface area (Å²) in [5, 5.41) is 121. The molecule has 0 aliphatic carbocycles. The van der Waals surface area contributed by atoms with E-state index in [1.54, 1.807) is 0 Å². The molecule has 17 unspecified atom stereocenters. The van der Waals surface area contributed by atoms with Crippen LogP contribution >= 0.6 is 0 Å². The zero-order valence-corrected chi connectivity index (χ0v) is 57.0. The van der Waals surface area contributed by atoms with Crippen molar-refractivity contribution in [3.63, 3.8) is 0 Å². The van der Waals surface area contributed by atoms with E-state index < -0.39 is 124 Å². The van der Waals surface area contributed by atoms with Crippen LogP contribution in [0, 0.1) is 0 Å². The zero-order chi connectivity index (χ0) is 66.8. The number of rotatable bonds is 57. The molecule has 3 fully saturated rings. The number of nitrogens with one attached hydrogen (secondary N) is 1. The van der Waals surface area contributed by atoms with Gasteiger partial charge >= 0.3 is 0 Å². The summed E-state index contributed by atoms with van der Waals surface area (Å²) in [6, 6.07) is -0.891. The second-order valence-corrected chi connectivity index (χ2v) is 26.4. The zero-order valence-electron chi connectivity index (χ0n) is 57.0. The molecule has 1 amide bonds. The number of aliphatic hydroxyl groups is 11. The maximum absolute atomic E-state index is 13.5. The van der Waals surface area contributed by atoms with Gasteiger partial charge in [-0.2, -0.15) is 0 Å². The molecule has 17 atom stereocenters. The minimum absolute atomic E-state index is 0.243. The molecule has 92 heavy (non-hydrogen) atoms. The van der Waals surface area contributed by atoms with Crippen molar-refractivity contribution in [2.24, 2.45) is 0 Å². The molecule has 3 aliphatic rings. The van der Waals surface area contributed by atoms with Gasteiger partial charge in [-0.15, -0.1) is 0 Å². The van der Waals surface area contributed by atoms with Crippen LogP contribution in [0.2, 0.25) is 0 Å². The lowest BCUT2D eigenvalue weighted by Crippen LogP contribution is -2.66. The normalized spacial score (nSPS) is 27.9. The summed E-state index contributed by atoms with van der Waals surface area (Å²) >= 11 is 0. The van der Waals surface area contributed by atoms with Crippen molar-refractivity contribution >= 4 is 5.91 Å². The van der Waals surface area contributed by atoms with Crippen LogP contribution in [-0.4, -0.2) is 193 Å². The third-order valence-corrected chi connectivity index (χ3v) is 18.4. The minimum atomic E-state index is -1.97.